The summed E-state index contributed by atoms with van der Waals surface area (Å²) in [4.78, 5) is 4.76. The molecule has 0 spiro atoms. The average molecular weight is 413 g/mol. The second kappa shape index (κ2) is 6.53. The highest BCUT2D eigenvalue weighted by atomic mass is 16.4. The minimum atomic E-state index is 0.597. The topological polar surface area (TPSA) is 43.1 Å². The van der Waals surface area contributed by atoms with Gasteiger partial charge in [0.15, 0.2) is 11.8 Å². The Morgan fingerprint density at radius 2 is 1.50 bits per heavy atom. The average Bonchev–Trinajstić information content (AvgIpc) is 3.43. The maximum absolute atomic E-state index is 6.20. The molecule has 0 unspecified atom stereocenters. The van der Waals surface area contributed by atoms with E-state index >= 15 is 0 Å². The molecule has 0 amide bonds. The third kappa shape index (κ3) is 2.56. The van der Waals surface area contributed by atoms with Crippen molar-refractivity contribution in [3.05, 3.63) is 103 Å². The van der Waals surface area contributed by atoms with E-state index in [4.69, 9.17) is 13.8 Å². The summed E-state index contributed by atoms with van der Waals surface area (Å²) >= 11 is 0. The van der Waals surface area contributed by atoms with Gasteiger partial charge in [0.2, 0.25) is 17.1 Å². The number of benzene rings is 4. The Kier molecular flexibility index (Phi) is 3.52. The van der Waals surface area contributed by atoms with E-state index in [0.29, 0.717) is 5.89 Å². The predicted octanol–water partition coefficient (Wildman–Crippen LogP) is 6.82. The quantitative estimate of drug-likeness (QED) is 0.292. The molecule has 4 heteroatoms. The van der Waals surface area contributed by atoms with Crippen molar-refractivity contribution in [1.29, 1.82) is 0 Å². The lowest BCUT2D eigenvalue weighted by Gasteiger charge is -2.02. The number of hydrogen-bond acceptors (Lipinski definition) is 3. The molecule has 0 radical (unpaired) electrons. The lowest BCUT2D eigenvalue weighted by Crippen LogP contribution is -2.30. The fraction of sp³-hybridized carbons (Fsp3) is 0. The largest absolute Gasteiger partial charge is 0.456 e. The number of furan rings is 1. The second-order valence-corrected chi connectivity index (χ2v) is 7.92. The van der Waals surface area contributed by atoms with Gasteiger partial charge in [-0.25, -0.2) is 4.98 Å². The van der Waals surface area contributed by atoms with Crippen LogP contribution in [0.4, 0.5) is 0 Å². The summed E-state index contributed by atoms with van der Waals surface area (Å²) in [7, 11) is 0. The number of nitrogens with zero attached hydrogens (tertiary/aromatic N) is 2. The number of rotatable bonds is 2. The molecule has 0 atom stereocenters. The van der Waals surface area contributed by atoms with Crippen molar-refractivity contribution in [2.24, 2.45) is 0 Å². The summed E-state index contributed by atoms with van der Waals surface area (Å²) in [5.41, 5.74) is 6.37. The van der Waals surface area contributed by atoms with Gasteiger partial charge in [0.05, 0.1) is 0 Å². The third-order valence-corrected chi connectivity index (χ3v) is 5.97. The zero-order valence-electron chi connectivity index (χ0n) is 17.0. The number of hydrogen-bond donors (Lipinski definition) is 0. The highest BCUT2D eigenvalue weighted by Gasteiger charge is 2.16. The fourth-order valence-electron chi connectivity index (χ4n) is 4.44. The lowest BCUT2D eigenvalue weighted by atomic mass is 10.1. The van der Waals surface area contributed by atoms with E-state index in [2.05, 4.69) is 65.4 Å². The van der Waals surface area contributed by atoms with E-state index in [1.807, 2.05) is 42.5 Å². The Morgan fingerprint density at radius 3 is 2.50 bits per heavy atom. The van der Waals surface area contributed by atoms with Crippen LogP contribution in [0, 0.1) is 0 Å². The molecule has 7 aromatic rings. The van der Waals surface area contributed by atoms with Crippen LogP contribution < -0.4 is 4.57 Å². The van der Waals surface area contributed by atoms with Crippen LogP contribution in [0.5, 0.6) is 0 Å². The zero-order chi connectivity index (χ0) is 21.1. The minimum absolute atomic E-state index is 0.597. The van der Waals surface area contributed by atoms with Gasteiger partial charge in [-0.1, -0.05) is 36.4 Å². The number of oxazole rings is 1. The zero-order valence-corrected chi connectivity index (χ0v) is 17.0. The Hall–Kier alpha value is -4.44. The van der Waals surface area contributed by atoms with Gasteiger partial charge in [-0.15, -0.1) is 0 Å². The third-order valence-electron chi connectivity index (χ3n) is 5.97. The second-order valence-electron chi connectivity index (χ2n) is 7.92. The van der Waals surface area contributed by atoms with Gasteiger partial charge in [0, 0.05) is 52.1 Å². The van der Waals surface area contributed by atoms with Gasteiger partial charge < -0.3 is 8.83 Å². The maximum atomic E-state index is 6.20. The van der Waals surface area contributed by atoms with Crippen LogP contribution in [0.3, 0.4) is 0 Å². The molecule has 0 saturated heterocycles. The Morgan fingerprint density at radius 1 is 0.625 bits per heavy atom. The van der Waals surface area contributed by atoms with Crippen molar-refractivity contribution in [2.45, 2.75) is 0 Å². The van der Waals surface area contributed by atoms with Crippen LogP contribution in [-0.4, -0.2) is 4.98 Å². The summed E-state index contributed by atoms with van der Waals surface area (Å²) in [6.45, 7) is 0. The van der Waals surface area contributed by atoms with Crippen LogP contribution in [0.1, 0.15) is 0 Å². The van der Waals surface area contributed by atoms with E-state index < -0.39 is 0 Å². The van der Waals surface area contributed by atoms with Gasteiger partial charge in [-0.05, 0) is 30.3 Å². The molecule has 0 aliphatic rings. The van der Waals surface area contributed by atoms with E-state index in [9.17, 15) is 0 Å². The number of fused-ring (bicyclic) bond motifs is 5. The Labute approximate surface area is 183 Å². The summed E-state index contributed by atoms with van der Waals surface area (Å²) in [6.07, 6.45) is 2.08. The van der Waals surface area contributed by atoms with Gasteiger partial charge in [-0.3, -0.25) is 0 Å². The van der Waals surface area contributed by atoms with E-state index in [1.165, 1.54) is 5.39 Å². The molecule has 0 bridgehead atoms. The van der Waals surface area contributed by atoms with Crippen molar-refractivity contribution in [2.75, 3.05) is 0 Å². The molecule has 0 aliphatic carbocycles. The molecule has 3 aromatic heterocycles. The first-order chi connectivity index (χ1) is 15.8. The monoisotopic (exact) mass is 413 g/mol. The number of para-hydroxylation sites is 2. The Balaban J connectivity index is 1.38. The number of aromatic nitrogens is 2. The van der Waals surface area contributed by atoms with Crippen LogP contribution in [0.25, 0.3) is 61.1 Å². The highest BCUT2D eigenvalue weighted by molar-refractivity contribution is 6.08. The summed E-state index contributed by atoms with van der Waals surface area (Å²) < 4.78 is 14.4. The van der Waals surface area contributed by atoms with Crippen molar-refractivity contribution < 1.29 is 13.4 Å². The molecule has 7 rings (SSSR count). The first kappa shape index (κ1) is 17.3. The molecule has 3 heterocycles. The summed E-state index contributed by atoms with van der Waals surface area (Å²) in [5, 5.41) is 3.31. The standard InChI is InChI=1S/C28H17N2O2/c1-3-12-24-18(7-1)9-6-14-30(24)20-10-5-8-19(15-20)28-29-23-17-26-22(16-27(23)32-28)21-11-2-4-13-25(21)31-26/h1-17H/q+1. The normalized spacial score (nSPS) is 11.8. The van der Waals surface area contributed by atoms with Crippen LogP contribution in [0.15, 0.2) is 112 Å². The lowest BCUT2D eigenvalue weighted by molar-refractivity contribution is -0.567. The molecule has 0 saturated carbocycles. The van der Waals surface area contributed by atoms with E-state index in [0.717, 1.165) is 49.8 Å². The van der Waals surface area contributed by atoms with Crippen LogP contribution >= 0.6 is 0 Å². The summed E-state index contributed by atoms with van der Waals surface area (Å²) in [6, 6.07) is 32.8. The van der Waals surface area contributed by atoms with Crippen molar-refractivity contribution in [1.82, 2.24) is 4.98 Å². The molecule has 0 fully saturated rings. The molecular weight excluding hydrogens is 396 g/mol. The van der Waals surface area contributed by atoms with Crippen molar-refractivity contribution in [3.63, 3.8) is 0 Å². The molecule has 4 nitrogen and oxygen atoms in total. The molecule has 32 heavy (non-hydrogen) atoms. The summed E-state index contributed by atoms with van der Waals surface area (Å²) in [5.74, 6) is 0.597. The maximum Gasteiger partial charge on any atom is 0.227 e. The fourth-order valence-corrected chi connectivity index (χ4v) is 4.44. The van der Waals surface area contributed by atoms with Crippen molar-refractivity contribution >= 4 is 43.9 Å². The number of pyridine rings is 1. The molecule has 0 aliphatic heterocycles. The van der Waals surface area contributed by atoms with Gasteiger partial charge in [-0.2, -0.15) is 4.57 Å². The first-order valence-corrected chi connectivity index (χ1v) is 10.6. The SMILES string of the molecule is c1cc(-c2nc3cc4oc5ccccc5c4cc3o2)cc(-[n+]2cccc3ccccc32)c1. The Bertz CT molecular complexity index is 1790. The predicted molar refractivity (Wildman–Crippen MR) is 126 cm³/mol. The van der Waals surface area contributed by atoms with Gasteiger partial charge >= 0.3 is 0 Å². The first-order valence-electron chi connectivity index (χ1n) is 10.6. The highest BCUT2D eigenvalue weighted by Crippen LogP contribution is 2.34. The minimum Gasteiger partial charge on any atom is -0.456 e. The van der Waals surface area contributed by atoms with E-state index in [-0.39, 0.29) is 0 Å². The van der Waals surface area contributed by atoms with Crippen LogP contribution in [0.2, 0.25) is 0 Å². The molecular formula is C28H17N2O2+. The van der Waals surface area contributed by atoms with E-state index in [1.54, 1.807) is 0 Å². The smallest absolute Gasteiger partial charge is 0.227 e. The van der Waals surface area contributed by atoms with Crippen molar-refractivity contribution in [3.8, 4) is 17.1 Å². The van der Waals surface area contributed by atoms with Gasteiger partial charge in [0.25, 0.3) is 0 Å². The van der Waals surface area contributed by atoms with Gasteiger partial charge in [0.1, 0.15) is 16.7 Å². The molecule has 0 N–H and O–H groups in total. The van der Waals surface area contributed by atoms with Crippen LogP contribution in [-0.2, 0) is 0 Å². The molecule has 4 aromatic carbocycles. The molecule has 150 valence electrons.